The normalized spacial score (nSPS) is 13.5. The van der Waals surface area contributed by atoms with E-state index in [0.29, 0.717) is 5.56 Å². The van der Waals surface area contributed by atoms with E-state index < -0.39 is 24.6 Å². The van der Waals surface area contributed by atoms with E-state index in [4.69, 9.17) is 15.2 Å². The standard InChI is InChI=1S/C21H21NO5/c1-13(20(24)16-10-9-14-5-4-6-15(14)11-16)27-19(23)12-26-18-8-3-2-7-17(18)21(22)25/h2-3,7-11,13H,4-6,12H2,1H3,(H2,22,25)/t13-/m0/s1. The lowest BCUT2D eigenvalue weighted by atomic mass is 10.0. The van der Waals surface area contributed by atoms with Crippen LogP contribution in [0, 0.1) is 0 Å². The molecule has 2 aromatic carbocycles. The number of Topliss-reactive ketones (excluding diaryl/α,β-unsaturated/α-hetero) is 1. The molecular formula is C21H21NO5. The van der Waals surface area contributed by atoms with Crippen molar-refractivity contribution >= 4 is 17.7 Å². The highest BCUT2D eigenvalue weighted by Gasteiger charge is 2.22. The van der Waals surface area contributed by atoms with Crippen LogP contribution >= 0.6 is 0 Å². The molecule has 1 aliphatic rings. The Morgan fingerprint density at radius 3 is 2.59 bits per heavy atom. The van der Waals surface area contributed by atoms with Gasteiger partial charge in [0.25, 0.3) is 5.91 Å². The molecule has 0 fully saturated rings. The maximum Gasteiger partial charge on any atom is 0.344 e. The van der Waals surface area contributed by atoms with Gasteiger partial charge in [0.15, 0.2) is 12.7 Å². The first kappa shape index (κ1) is 18.6. The lowest BCUT2D eigenvalue weighted by Crippen LogP contribution is -2.27. The summed E-state index contributed by atoms with van der Waals surface area (Å²) < 4.78 is 10.5. The molecular weight excluding hydrogens is 346 g/mol. The summed E-state index contributed by atoms with van der Waals surface area (Å²) >= 11 is 0. The zero-order chi connectivity index (χ0) is 19.4. The van der Waals surface area contributed by atoms with E-state index in [1.807, 2.05) is 12.1 Å². The lowest BCUT2D eigenvalue weighted by molar-refractivity contribution is -0.148. The number of hydrogen-bond donors (Lipinski definition) is 1. The van der Waals surface area contributed by atoms with Gasteiger partial charge in [0.2, 0.25) is 5.78 Å². The van der Waals surface area contributed by atoms with Crippen LogP contribution in [0.5, 0.6) is 5.75 Å². The number of primary amides is 1. The fourth-order valence-electron chi connectivity index (χ4n) is 3.18. The first-order chi connectivity index (χ1) is 13.0. The molecule has 27 heavy (non-hydrogen) atoms. The number of ketones is 1. The smallest absolute Gasteiger partial charge is 0.344 e. The number of amides is 1. The first-order valence-corrected chi connectivity index (χ1v) is 8.83. The van der Waals surface area contributed by atoms with Crippen LogP contribution in [0.3, 0.4) is 0 Å². The maximum absolute atomic E-state index is 12.5. The summed E-state index contributed by atoms with van der Waals surface area (Å²) in [6.07, 6.45) is 2.18. The quantitative estimate of drug-likeness (QED) is 0.599. The zero-order valence-corrected chi connectivity index (χ0v) is 15.1. The van der Waals surface area contributed by atoms with Gasteiger partial charge in [-0.2, -0.15) is 0 Å². The van der Waals surface area contributed by atoms with E-state index in [0.717, 1.165) is 19.3 Å². The number of ether oxygens (including phenoxy) is 2. The van der Waals surface area contributed by atoms with Crippen LogP contribution in [0.15, 0.2) is 42.5 Å². The Labute approximate surface area is 157 Å². The second-order valence-corrected chi connectivity index (χ2v) is 6.48. The summed E-state index contributed by atoms with van der Waals surface area (Å²) in [6, 6.07) is 12.0. The summed E-state index contributed by atoms with van der Waals surface area (Å²) in [5, 5.41) is 0. The van der Waals surface area contributed by atoms with Crippen molar-refractivity contribution in [2.45, 2.75) is 32.3 Å². The summed E-state index contributed by atoms with van der Waals surface area (Å²) in [4.78, 5) is 35.9. The van der Waals surface area contributed by atoms with Crippen LogP contribution in [0.4, 0.5) is 0 Å². The minimum absolute atomic E-state index is 0.174. The van der Waals surface area contributed by atoms with Crippen molar-refractivity contribution in [3.63, 3.8) is 0 Å². The molecule has 140 valence electrons. The molecule has 0 spiro atoms. The molecule has 1 atom stereocenters. The summed E-state index contributed by atoms with van der Waals surface area (Å²) in [7, 11) is 0. The largest absolute Gasteiger partial charge is 0.481 e. The number of hydrogen-bond acceptors (Lipinski definition) is 5. The van der Waals surface area contributed by atoms with Crippen molar-refractivity contribution in [3.05, 3.63) is 64.7 Å². The number of esters is 1. The Kier molecular flexibility index (Phi) is 5.54. The third-order valence-electron chi connectivity index (χ3n) is 4.56. The number of carbonyl (C=O) groups is 3. The Morgan fingerprint density at radius 2 is 1.81 bits per heavy atom. The average Bonchev–Trinajstić information content (AvgIpc) is 3.13. The number of rotatable bonds is 7. The van der Waals surface area contributed by atoms with Crippen molar-refractivity contribution < 1.29 is 23.9 Å². The third kappa shape index (κ3) is 4.34. The van der Waals surface area contributed by atoms with Crippen LogP contribution < -0.4 is 10.5 Å². The molecule has 0 saturated carbocycles. The molecule has 0 radical (unpaired) electrons. The molecule has 1 aliphatic carbocycles. The van der Waals surface area contributed by atoms with E-state index in [9.17, 15) is 14.4 Å². The second-order valence-electron chi connectivity index (χ2n) is 6.48. The van der Waals surface area contributed by atoms with Crippen molar-refractivity contribution in [3.8, 4) is 5.75 Å². The molecule has 0 aromatic heterocycles. The van der Waals surface area contributed by atoms with Gasteiger partial charge >= 0.3 is 5.97 Å². The van der Waals surface area contributed by atoms with Gasteiger partial charge in [-0.05, 0) is 55.5 Å². The van der Waals surface area contributed by atoms with E-state index in [1.165, 1.54) is 30.2 Å². The van der Waals surface area contributed by atoms with Crippen LogP contribution in [0.2, 0.25) is 0 Å². The fraction of sp³-hybridized carbons (Fsp3) is 0.286. The van der Waals surface area contributed by atoms with Gasteiger partial charge in [-0.3, -0.25) is 9.59 Å². The maximum atomic E-state index is 12.5. The highest BCUT2D eigenvalue weighted by Crippen LogP contribution is 2.23. The van der Waals surface area contributed by atoms with Crippen LogP contribution in [-0.2, 0) is 22.4 Å². The van der Waals surface area contributed by atoms with Gasteiger partial charge in [-0.25, -0.2) is 4.79 Å². The topological polar surface area (TPSA) is 95.7 Å². The predicted octanol–water partition coefficient (Wildman–Crippen LogP) is 2.47. The molecule has 0 saturated heterocycles. The van der Waals surface area contributed by atoms with Crippen LogP contribution in [-0.4, -0.2) is 30.4 Å². The molecule has 3 rings (SSSR count). The molecule has 2 N–H and O–H groups in total. The SMILES string of the molecule is C[C@H](OC(=O)COc1ccccc1C(N)=O)C(=O)c1ccc2c(c1)CCC2. The van der Waals surface area contributed by atoms with Gasteiger partial charge < -0.3 is 15.2 Å². The number of aryl methyl sites for hydroxylation is 2. The lowest BCUT2D eigenvalue weighted by Gasteiger charge is -2.14. The highest BCUT2D eigenvalue weighted by molar-refractivity contribution is 6.00. The Morgan fingerprint density at radius 1 is 1.07 bits per heavy atom. The molecule has 0 unspecified atom stereocenters. The zero-order valence-electron chi connectivity index (χ0n) is 15.1. The van der Waals surface area contributed by atoms with Crippen molar-refractivity contribution in [1.82, 2.24) is 0 Å². The molecule has 6 heteroatoms. The van der Waals surface area contributed by atoms with E-state index >= 15 is 0 Å². The van der Waals surface area contributed by atoms with Crippen molar-refractivity contribution in [2.24, 2.45) is 5.73 Å². The van der Waals surface area contributed by atoms with E-state index in [1.54, 1.807) is 18.2 Å². The monoisotopic (exact) mass is 367 g/mol. The number of fused-ring (bicyclic) bond motifs is 1. The number of nitrogens with two attached hydrogens (primary N) is 1. The van der Waals surface area contributed by atoms with Crippen molar-refractivity contribution in [2.75, 3.05) is 6.61 Å². The third-order valence-corrected chi connectivity index (χ3v) is 4.56. The van der Waals surface area contributed by atoms with Gasteiger partial charge in [0.05, 0.1) is 5.56 Å². The first-order valence-electron chi connectivity index (χ1n) is 8.83. The summed E-state index contributed by atoms with van der Waals surface area (Å²) in [5.41, 5.74) is 8.44. The Balaban J connectivity index is 1.58. The molecule has 1 amide bonds. The predicted molar refractivity (Wildman–Crippen MR) is 98.8 cm³/mol. The number of benzene rings is 2. The van der Waals surface area contributed by atoms with E-state index in [2.05, 4.69) is 0 Å². The van der Waals surface area contributed by atoms with Crippen LogP contribution in [0.25, 0.3) is 0 Å². The molecule has 2 aromatic rings. The Bertz CT molecular complexity index is 890. The van der Waals surface area contributed by atoms with Gasteiger partial charge in [-0.15, -0.1) is 0 Å². The van der Waals surface area contributed by atoms with Crippen molar-refractivity contribution in [1.29, 1.82) is 0 Å². The number of para-hydroxylation sites is 1. The van der Waals surface area contributed by atoms with Gasteiger partial charge in [0, 0.05) is 5.56 Å². The highest BCUT2D eigenvalue weighted by atomic mass is 16.6. The Hall–Kier alpha value is -3.15. The van der Waals surface area contributed by atoms with Gasteiger partial charge in [-0.1, -0.05) is 24.3 Å². The molecule has 0 bridgehead atoms. The molecule has 0 aliphatic heterocycles. The average molecular weight is 367 g/mol. The second kappa shape index (κ2) is 8.03. The number of carbonyl (C=O) groups excluding carboxylic acids is 3. The van der Waals surface area contributed by atoms with Crippen LogP contribution in [0.1, 0.15) is 45.2 Å². The summed E-state index contributed by atoms with van der Waals surface area (Å²) in [6.45, 7) is 1.11. The fourth-order valence-corrected chi connectivity index (χ4v) is 3.18. The molecule has 0 heterocycles. The van der Waals surface area contributed by atoms with E-state index in [-0.39, 0.29) is 17.1 Å². The minimum atomic E-state index is -0.924. The summed E-state index contributed by atoms with van der Waals surface area (Å²) in [5.74, 6) is -1.41. The van der Waals surface area contributed by atoms with Gasteiger partial charge in [0.1, 0.15) is 5.75 Å². The minimum Gasteiger partial charge on any atom is -0.481 e. The molecule has 6 nitrogen and oxygen atoms in total.